The van der Waals surface area contributed by atoms with Gasteiger partial charge < -0.3 is 4.74 Å². The minimum Gasteiger partial charge on any atom is -0.468 e. The summed E-state index contributed by atoms with van der Waals surface area (Å²) in [5.41, 5.74) is 0. The maximum atomic E-state index is 11.3. The van der Waals surface area contributed by atoms with E-state index in [2.05, 4.69) is 9.57 Å². The highest BCUT2D eigenvalue weighted by Crippen LogP contribution is 2.27. The molecule has 1 atom stereocenters. The molecule has 0 spiro atoms. The Balaban J connectivity index is 2.48. The van der Waals surface area contributed by atoms with Crippen LogP contribution >= 0.6 is 11.8 Å². The number of carbonyl (C=O) groups is 1. The molecule has 0 saturated heterocycles. The van der Waals surface area contributed by atoms with Gasteiger partial charge in [-0.2, -0.15) is 0 Å². The predicted molar refractivity (Wildman–Crippen MR) is 51.4 cm³/mol. The average molecular weight is 206 g/mol. The van der Waals surface area contributed by atoms with Gasteiger partial charge in [0.2, 0.25) is 0 Å². The summed E-state index contributed by atoms with van der Waals surface area (Å²) >= 11 is 5.52. The Bertz CT molecular complexity index is 169. The summed E-state index contributed by atoms with van der Waals surface area (Å²) in [7, 11) is 1.40. The first-order valence-corrected chi connectivity index (χ1v) is 5.11. The molecule has 1 fully saturated rings. The summed E-state index contributed by atoms with van der Waals surface area (Å²) in [6, 6.07) is -0.327. The Hall–Kier alpha value is -0.280. The number of methoxy groups -OCH3 is 1. The molecule has 0 aromatic rings. The van der Waals surface area contributed by atoms with Crippen molar-refractivity contribution >= 4 is 17.7 Å². The molecule has 1 saturated carbocycles. The van der Waals surface area contributed by atoms with E-state index in [4.69, 9.17) is 11.8 Å². The van der Waals surface area contributed by atoms with Crippen LogP contribution in [0.5, 0.6) is 0 Å². The second kappa shape index (κ2) is 5.45. The second-order valence-electron chi connectivity index (χ2n) is 3.51. The molecule has 1 unspecified atom stereocenters. The van der Waals surface area contributed by atoms with Gasteiger partial charge in [-0.3, -0.25) is 4.79 Å². The third kappa shape index (κ3) is 2.85. The lowest BCUT2D eigenvalue weighted by Crippen LogP contribution is -2.40. The van der Waals surface area contributed by atoms with E-state index in [-0.39, 0.29) is 12.0 Å². The summed E-state index contributed by atoms with van der Waals surface area (Å²) in [6.45, 7) is 0. The first kappa shape index (κ1) is 10.8. The minimum absolute atomic E-state index is 0.248. The Morgan fingerprint density at radius 2 is 2.08 bits per heavy atom. The van der Waals surface area contributed by atoms with Crippen molar-refractivity contribution in [2.45, 2.75) is 38.1 Å². The Kier molecular flexibility index (Phi) is 4.53. The van der Waals surface area contributed by atoms with Crippen molar-refractivity contribution in [2.75, 3.05) is 7.11 Å². The Labute approximate surface area is 83.9 Å². The number of hydrogen-bond donors (Lipinski definition) is 1. The van der Waals surface area contributed by atoms with Crippen molar-refractivity contribution in [3.05, 3.63) is 0 Å². The van der Waals surface area contributed by atoms with Crippen LogP contribution in [-0.2, 0) is 9.53 Å². The van der Waals surface area contributed by atoms with E-state index >= 15 is 0 Å². The number of ether oxygens (including phenoxy) is 1. The zero-order chi connectivity index (χ0) is 9.68. The number of hydrogen-bond acceptors (Lipinski definition) is 3. The molecule has 1 aliphatic carbocycles. The fourth-order valence-electron chi connectivity index (χ4n) is 1.92. The van der Waals surface area contributed by atoms with Gasteiger partial charge in [0.25, 0.3) is 0 Å². The van der Waals surface area contributed by atoms with Crippen LogP contribution in [0.25, 0.3) is 0 Å². The third-order valence-corrected chi connectivity index (χ3v) is 2.93. The summed E-state index contributed by atoms with van der Waals surface area (Å²) < 4.78 is 4.67. The number of carbonyl (C=O) groups excluding carboxylic acids is 1. The first-order chi connectivity index (χ1) is 6.29. The zero-order valence-corrected chi connectivity index (χ0v) is 8.64. The monoisotopic (exact) mass is 205 g/mol. The lowest BCUT2D eigenvalue weighted by molar-refractivity contribution is -0.144. The summed E-state index contributed by atoms with van der Waals surface area (Å²) in [5.74, 6) is 0.0978. The van der Waals surface area contributed by atoms with E-state index in [0.29, 0.717) is 5.92 Å². The summed E-state index contributed by atoms with van der Waals surface area (Å²) in [4.78, 5) is 13.8. The number of rotatable bonds is 3. The molecule has 76 valence electrons. The van der Waals surface area contributed by atoms with E-state index in [9.17, 15) is 4.79 Å². The summed E-state index contributed by atoms with van der Waals surface area (Å²) in [6.07, 6.45) is 5.79. The van der Waals surface area contributed by atoms with Crippen molar-refractivity contribution in [1.82, 2.24) is 4.84 Å². The van der Waals surface area contributed by atoms with Gasteiger partial charge in [-0.15, -0.1) is 0 Å². The number of halogens is 1. The van der Waals surface area contributed by atoms with Crippen molar-refractivity contribution < 1.29 is 9.53 Å². The van der Waals surface area contributed by atoms with Crippen LogP contribution in [0.15, 0.2) is 0 Å². The molecule has 0 aromatic heterocycles. The largest absolute Gasteiger partial charge is 0.468 e. The fraction of sp³-hybridized carbons (Fsp3) is 0.889. The predicted octanol–water partition coefficient (Wildman–Crippen LogP) is 1.85. The van der Waals surface area contributed by atoms with Crippen LogP contribution in [-0.4, -0.2) is 19.1 Å². The molecule has 0 aliphatic heterocycles. The van der Waals surface area contributed by atoms with Gasteiger partial charge in [0, 0.05) is 0 Å². The molecule has 3 nitrogen and oxygen atoms in total. The molecular weight excluding hydrogens is 190 g/mol. The molecule has 1 aliphatic rings. The van der Waals surface area contributed by atoms with Gasteiger partial charge in [0.05, 0.1) is 7.11 Å². The minimum atomic E-state index is -0.327. The highest BCUT2D eigenvalue weighted by atomic mass is 35.5. The third-order valence-electron chi connectivity index (χ3n) is 2.69. The Morgan fingerprint density at radius 1 is 1.46 bits per heavy atom. The van der Waals surface area contributed by atoms with Gasteiger partial charge in [0.1, 0.15) is 6.04 Å². The molecule has 13 heavy (non-hydrogen) atoms. The molecule has 0 heterocycles. The van der Waals surface area contributed by atoms with Gasteiger partial charge in [-0.25, -0.2) is 4.84 Å². The molecule has 0 bridgehead atoms. The molecule has 4 heteroatoms. The molecule has 1 rings (SSSR count). The second-order valence-corrected chi connectivity index (χ2v) is 3.73. The molecule has 1 N–H and O–H groups in total. The molecular formula is C9H16ClNO2. The van der Waals surface area contributed by atoms with Crippen molar-refractivity contribution in [3.8, 4) is 0 Å². The van der Waals surface area contributed by atoms with Crippen LogP contribution in [0.4, 0.5) is 0 Å². The van der Waals surface area contributed by atoms with Crippen LogP contribution in [0.3, 0.4) is 0 Å². The van der Waals surface area contributed by atoms with Crippen LogP contribution in [0.1, 0.15) is 32.1 Å². The maximum Gasteiger partial charge on any atom is 0.324 e. The van der Waals surface area contributed by atoms with Crippen LogP contribution in [0.2, 0.25) is 0 Å². The van der Waals surface area contributed by atoms with Crippen molar-refractivity contribution in [3.63, 3.8) is 0 Å². The van der Waals surface area contributed by atoms with Crippen molar-refractivity contribution in [1.29, 1.82) is 0 Å². The maximum absolute atomic E-state index is 11.3. The average Bonchev–Trinajstić information content (AvgIpc) is 2.20. The van der Waals surface area contributed by atoms with Gasteiger partial charge in [-0.05, 0) is 30.5 Å². The lowest BCUT2D eigenvalue weighted by atomic mass is 9.84. The van der Waals surface area contributed by atoms with Crippen molar-refractivity contribution in [2.24, 2.45) is 5.92 Å². The smallest absolute Gasteiger partial charge is 0.324 e. The highest BCUT2D eigenvalue weighted by Gasteiger charge is 2.29. The van der Waals surface area contributed by atoms with E-state index < -0.39 is 0 Å². The van der Waals surface area contributed by atoms with E-state index in [1.807, 2.05) is 0 Å². The van der Waals surface area contributed by atoms with E-state index in [1.165, 1.54) is 26.4 Å². The Morgan fingerprint density at radius 3 is 2.54 bits per heavy atom. The van der Waals surface area contributed by atoms with Crippen LogP contribution in [0, 0.1) is 5.92 Å². The van der Waals surface area contributed by atoms with Gasteiger partial charge >= 0.3 is 5.97 Å². The number of nitrogens with one attached hydrogen (secondary N) is 1. The highest BCUT2D eigenvalue weighted by molar-refractivity contribution is 6.14. The normalized spacial score (nSPS) is 21.1. The zero-order valence-electron chi connectivity index (χ0n) is 7.88. The molecule has 0 aromatic carbocycles. The SMILES string of the molecule is COC(=O)C(NCl)C1CCCCC1. The summed E-state index contributed by atoms with van der Waals surface area (Å²) in [5, 5.41) is 0. The first-order valence-electron chi connectivity index (χ1n) is 4.73. The number of esters is 1. The van der Waals surface area contributed by atoms with Gasteiger partial charge in [0.15, 0.2) is 0 Å². The topological polar surface area (TPSA) is 38.3 Å². The van der Waals surface area contributed by atoms with E-state index in [1.54, 1.807) is 0 Å². The quantitative estimate of drug-likeness (QED) is 0.565. The standard InChI is InChI=1S/C9H16ClNO2/c1-13-9(12)8(11-10)7-5-3-2-4-6-7/h7-8,11H,2-6H2,1H3. The fourth-order valence-corrected chi connectivity index (χ4v) is 2.19. The molecule has 0 radical (unpaired) electrons. The van der Waals surface area contributed by atoms with Crippen LogP contribution < -0.4 is 4.84 Å². The lowest BCUT2D eigenvalue weighted by Gasteiger charge is -2.26. The van der Waals surface area contributed by atoms with Gasteiger partial charge in [-0.1, -0.05) is 19.3 Å². The van der Waals surface area contributed by atoms with E-state index in [0.717, 1.165) is 12.8 Å². The molecule has 0 amide bonds.